The lowest BCUT2D eigenvalue weighted by atomic mass is 10.0. The van der Waals surface area contributed by atoms with E-state index >= 15 is 0 Å². The molecule has 2 unspecified atom stereocenters. The highest BCUT2D eigenvalue weighted by Crippen LogP contribution is 2.17. The molecule has 1 fully saturated rings. The van der Waals surface area contributed by atoms with Gasteiger partial charge in [0.15, 0.2) is 0 Å². The summed E-state index contributed by atoms with van der Waals surface area (Å²) in [4.78, 5) is 2.50. The van der Waals surface area contributed by atoms with E-state index in [-0.39, 0.29) is 0 Å². The quantitative estimate of drug-likeness (QED) is 0.718. The van der Waals surface area contributed by atoms with E-state index in [1.807, 2.05) is 0 Å². The number of ether oxygens (including phenoxy) is 1. The third-order valence-electron chi connectivity index (χ3n) is 3.75. The van der Waals surface area contributed by atoms with Gasteiger partial charge in [-0.15, -0.1) is 0 Å². The Bertz CT molecular complexity index is 183. The lowest BCUT2D eigenvalue weighted by Gasteiger charge is -2.30. The highest BCUT2D eigenvalue weighted by molar-refractivity contribution is 4.84. The summed E-state index contributed by atoms with van der Waals surface area (Å²) in [6.07, 6.45) is 2.49. The van der Waals surface area contributed by atoms with Crippen molar-refractivity contribution in [1.29, 1.82) is 0 Å². The number of hydrogen-bond acceptors (Lipinski definition) is 3. The first-order chi connectivity index (χ1) is 7.72. The summed E-state index contributed by atoms with van der Waals surface area (Å²) in [5, 5.41) is 3.52. The predicted molar refractivity (Wildman–Crippen MR) is 68.8 cm³/mol. The van der Waals surface area contributed by atoms with Crippen molar-refractivity contribution in [3.63, 3.8) is 0 Å². The molecule has 0 amide bonds. The van der Waals surface area contributed by atoms with Gasteiger partial charge >= 0.3 is 0 Å². The molecule has 1 aliphatic heterocycles. The Balaban J connectivity index is 2.39. The predicted octanol–water partition coefficient (Wildman–Crippen LogP) is 1.73. The van der Waals surface area contributed by atoms with Crippen molar-refractivity contribution in [2.24, 2.45) is 5.92 Å². The molecule has 0 bridgehead atoms. The van der Waals surface area contributed by atoms with Gasteiger partial charge in [-0.05, 0) is 26.4 Å². The van der Waals surface area contributed by atoms with Crippen molar-refractivity contribution < 1.29 is 4.74 Å². The van der Waals surface area contributed by atoms with E-state index in [0.29, 0.717) is 12.0 Å². The Morgan fingerprint density at radius 1 is 1.25 bits per heavy atom. The first-order valence-corrected chi connectivity index (χ1v) is 6.74. The topological polar surface area (TPSA) is 24.5 Å². The number of likely N-dealkylation sites (N-methyl/N-ethyl adjacent to an activating group) is 1. The van der Waals surface area contributed by atoms with E-state index < -0.39 is 0 Å². The second kappa shape index (κ2) is 7.25. The molecule has 1 heterocycles. The van der Waals surface area contributed by atoms with Gasteiger partial charge in [0.05, 0.1) is 13.2 Å². The number of nitrogens with one attached hydrogen (secondary N) is 1. The van der Waals surface area contributed by atoms with Crippen LogP contribution in [-0.4, -0.2) is 50.3 Å². The molecule has 0 aromatic heterocycles. The summed E-state index contributed by atoms with van der Waals surface area (Å²) in [6, 6.07) is 1.28. The summed E-state index contributed by atoms with van der Waals surface area (Å²) in [5.41, 5.74) is 0. The number of nitrogens with zero attached hydrogens (tertiary/aromatic N) is 1. The van der Waals surface area contributed by atoms with E-state index in [4.69, 9.17) is 4.74 Å². The third kappa shape index (κ3) is 3.72. The monoisotopic (exact) mass is 228 g/mol. The van der Waals surface area contributed by atoms with Crippen LogP contribution in [0.1, 0.15) is 33.6 Å². The summed E-state index contributed by atoms with van der Waals surface area (Å²) >= 11 is 0. The Morgan fingerprint density at radius 3 is 2.50 bits per heavy atom. The van der Waals surface area contributed by atoms with Gasteiger partial charge in [0.1, 0.15) is 0 Å². The first-order valence-electron chi connectivity index (χ1n) is 6.74. The standard InChI is InChI=1S/C13H28N2O/c1-5-12(6-2)15(4)8-11-9-16-10-13(11)14-7-3/h11-14H,5-10H2,1-4H3. The summed E-state index contributed by atoms with van der Waals surface area (Å²) in [6.45, 7) is 10.7. The second-order valence-electron chi connectivity index (χ2n) is 4.87. The van der Waals surface area contributed by atoms with Gasteiger partial charge in [-0.25, -0.2) is 0 Å². The number of rotatable bonds is 7. The smallest absolute Gasteiger partial charge is 0.0623 e. The van der Waals surface area contributed by atoms with E-state index in [1.165, 1.54) is 12.8 Å². The first kappa shape index (κ1) is 13.9. The molecule has 1 rings (SSSR count). The van der Waals surface area contributed by atoms with Crippen LogP contribution in [0, 0.1) is 5.92 Å². The highest BCUT2D eigenvalue weighted by Gasteiger charge is 2.29. The minimum absolute atomic E-state index is 0.557. The van der Waals surface area contributed by atoms with Crippen molar-refractivity contribution in [3.8, 4) is 0 Å². The van der Waals surface area contributed by atoms with Gasteiger partial charge < -0.3 is 15.0 Å². The fourth-order valence-corrected chi connectivity index (χ4v) is 2.70. The molecule has 0 aromatic rings. The van der Waals surface area contributed by atoms with Crippen LogP contribution >= 0.6 is 0 Å². The third-order valence-corrected chi connectivity index (χ3v) is 3.75. The Morgan fingerprint density at radius 2 is 1.94 bits per heavy atom. The van der Waals surface area contributed by atoms with E-state index in [1.54, 1.807) is 0 Å². The molecule has 3 heteroatoms. The molecule has 0 aliphatic carbocycles. The summed E-state index contributed by atoms with van der Waals surface area (Å²) in [5.74, 6) is 0.658. The molecular formula is C13H28N2O. The largest absolute Gasteiger partial charge is 0.379 e. The molecule has 1 saturated heterocycles. The van der Waals surface area contributed by atoms with Crippen LogP contribution in [0.2, 0.25) is 0 Å². The molecule has 0 spiro atoms. The zero-order valence-corrected chi connectivity index (χ0v) is 11.3. The number of hydrogen-bond donors (Lipinski definition) is 1. The Kier molecular flexibility index (Phi) is 6.32. The minimum Gasteiger partial charge on any atom is -0.379 e. The fourth-order valence-electron chi connectivity index (χ4n) is 2.70. The molecule has 0 saturated carbocycles. The van der Waals surface area contributed by atoms with E-state index in [0.717, 1.165) is 32.3 Å². The average Bonchev–Trinajstić information content (AvgIpc) is 2.68. The lowest BCUT2D eigenvalue weighted by molar-refractivity contribution is 0.157. The highest BCUT2D eigenvalue weighted by atomic mass is 16.5. The Hall–Kier alpha value is -0.120. The van der Waals surface area contributed by atoms with Gasteiger partial charge in [0.2, 0.25) is 0 Å². The molecule has 0 radical (unpaired) electrons. The zero-order chi connectivity index (χ0) is 12.0. The maximum atomic E-state index is 5.58. The van der Waals surface area contributed by atoms with Crippen LogP contribution < -0.4 is 5.32 Å². The van der Waals surface area contributed by atoms with Crippen LogP contribution in [0.4, 0.5) is 0 Å². The van der Waals surface area contributed by atoms with Crippen LogP contribution in [0.3, 0.4) is 0 Å². The molecule has 0 aromatic carbocycles. The van der Waals surface area contributed by atoms with Crippen molar-refractivity contribution >= 4 is 0 Å². The van der Waals surface area contributed by atoms with Gasteiger partial charge in [-0.2, -0.15) is 0 Å². The molecule has 1 aliphatic rings. The van der Waals surface area contributed by atoms with Crippen molar-refractivity contribution in [2.45, 2.75) is 45.7 Å². The van der Waals surface area contributed by atoms with Crippen molar-refractivity contribution in [2.75, 3.05) is 33.4 Å². The molecule has 3 nitrogen and oxygen atoms in total. The molecule has 16 heavy (non-hydrogen) atoms. The van der Waals surface area contributed by atoms with Crippen LogP contribution in [0.15, 0.2) is 0 Å². The maximum Gasteiger partial charge on any atom is 0.0623 e. The minimum atomic E-state index is 0.557. The molecule has 2 atom stereocenters. The van der Waals surface area contributed by atoms with Gasteiger partial charge in [-0.3, -0.25) is 0 Å². The molecular weight excluding hydrogens is 200 g/mol. The van der Waals surface area contributed by atoms with Crippen LogP contribution in [-0.2, 0) is 4.74 Å². The van der Waals surface area contributed by atoms with Gasteiger partial charge in [-0.1, -0.05) is 20.8 Å². The summed E-state index contributed by atoms with van der Waals surface area (Å²) in [7, 11) is 2.25. The summed E-state index contributed by atoms with van der Waals surface area (Å²) < 4.78 is 5.58. The SMILES string of the molecule is CCNC1COCC1CN(C)C(CC)CC. The second-order valence-corrected chi connectivity index (χ2v) is 4.87. The lowest BCUT2D eigenvalue weighted by Crippen LogP contribution is -2.43. The van der Waals surface area contributed by atoms with Crippen LogP contribution in [0.25, 0.3) is 0 Å². The van der Waals surface area contributed by atoms with Gasteiger partial charge in [0, 0.05) is 24.5 Å². The van der Waals surface area contributed by atoms with E-state index in [9.17, 15) is 0 Å². The normalized spacial score (nSPS) is 25.9. The zero-order valence-electron chi connectivity index (χ0n) is 11.3. The molecule has 96 valence electrons. The maximum absolute atomic E-state index is 5.58. The van der Waals surface area contributed by atoms with E-state index in [2.05, 4.69) is 38.0 Å². The van der Waals surface area contributed by atoms with Gasteiger partial charge in [0.25, 0.3) is 0 Å². The van der Waals surface area contributed by atoms with Crippen molar-refractivity contribution in [3.05, 3.63) is 0 Å². The average molecular weight is 228 g/mol. The Labute approximate surface area is 101 Å². The molecule has 1 N–H and O–H groups in total. The fraction of sp³-hybridized carbons (Fsp3) is 1.00. The van der Waals surface area contributed by atoms with Crippen LogP contribution in [0.5, 0.6) is 0 Å². The van der Waals surface area contributed by atoms with Crippen molar-refractivity contribution in [1.82, 2.24) is 10.2 Å².